The number of thioether (sulfide) groups is 1. The van der Waals surface area contributed by atoms with E-state index >= 15 is 0 Å². The molecule has 2 N–H and O–H groups in total. The first-order valence-electron chi connectivity index (χ1n) is 6.44. The lowest BCUT2D eigenvalue weighted by atomic mass is 9.97. The largest absolute Gasteiger partial charge is 0.343 e. The monoisotopic (exact) mass is 283 g/mol. The second kappa shape index (κ2) is 7.36. The van der Waals surface area contributed by atoms with Crippen LogP contribution in [0.1, 0.15) is 33.1 Å². The number of rotatable bonds is 8. The van der Waals surface area contributed by atoms with Crippen LogP contribution < -0.4 is 11.0 Å². The van der Waals surface area contributed by atoms with Crippen molar-refractivity contribution in [1.82, 2.24) is 20.1 Å². The molecule has 7 heteroatoms. The molecule has 0 aliphatic heterocycles. The predicted molar refractivity (Wildman–Crippen MR) is 76.2 cm³/mol. The van der Waals surface area contributed by atoms with Gasteiger partial charge >= 0.3 is 5.69 Å². The van der Waals surface area contributed by atoms with E-state index in [-0.39, 0.29) is 5.69 Å². The number of nitrogens with one attached hydrogen (secondary N) is 2. The number of H-pyrrole nitrogens is 1. The maximum atomic E-state index is 11.4. The molecule has 1 heterocycles. The molecule has 6 nitrogen and oxygen atoms in total. The highest BCUT2D eigenvalue weighted by Crippen LogP contribution is 2.18. The van der Waals surface area contributed by atoms with Crippen LogP contribution in [-0.2, 0) is 6.54 Å². The third kappa shape index (κ3) is 4.40. The van der Waals surface area contributed by atoms with E-state index in [9.17, 15) is 4.79 Å². The molecule has 0 bridgehead atoms. The van der Waals surface area contributed by atoms with Gasteiger partial charge < -0.3 is 5.32 Å². The van der Waals surface area contributed by atoms with Gasteiger partial charge in [-0.05, 0) is 40.2 Å². The number of nitriles is 1. The Bertz CT molecular complexity index is 489. The van der Waals surface area contributed by atoms with E-state index in [1.807, 2.05) is 20.9 Å². The number of nitrogens with zero attached hydrogens (tertiary/aromatic N) is 3. The van der Waals surface area contributed by atoms with Crippen molar-refractivity contribution in [2.45, 2.75) is 50.4 Å². The Morgan fingerprint density at radius 3 is 2.89 bits per heavy atom. The quantitative estimate of drug-likeness (QED) is 0.555. The Labute approximate surface area is 117 Å². The van der Waals surface area contributed by atoms with E-state index in [0.717, 1.165) is 30.2 Å². The molecule has 1 aromatic heterocycles. The fourth-order valence-corrected chi connectivity index (χ4v) is 2.68. The number of hydrogen-bond acceptors (Lipinski definition) is 5. The number of aromatic nitrogens is 3. The molecule has 0 fully saturated rings. The number of unbranched alkanes of at least 4 members (excludes halogenated alkanes) is 1. The van der Waals surface area contributed by atoms with Crippen LogP contribution in [-0.4, -0.2) is 33.1 Å². The average molecular weight is 283 g/mol. The molecular formula is C12H21N5OS. The molecule has 0 aliphatic carbocycles. The van der Waals surface area contributed by atoms with E-state index in [2.05, 4.69) is 21.6 Å². The van der Waals surface area contributed by atoms with Crippen LogP contribution in [0.3, 0.4) is 0 Å². The average Bonchev–Trinajstić information content (AvgIpc) is 2.78. The first-order valence-corrected chi connectivity index (χ1v) is 7.43. The van der Waals surface area contributed by atoms with Gasteiger partial charge in [-0.3, -0.25) is 4.57 Å². The second-order valence-corrected chi connectivity index (χ2v) is 5.62. The van der Waals surface area contributed by atoms with Crippen molar-refractivity contribution in [1.29, 1.82) is 5.26 Å². The summed E-state index contributed by atoms with van der Waals surface area (Å²) in [6.45, 7) is 4.46. The Balaban J connectivity index is 2.32. The Kier molecular flexibility index (Phi) is 6.12. The Morgan fingerprint density at radius 1 is 1.58 bits per heavy atom. The highest BCUT2D eigenvalue weighted by Gasteiger charge is 2.19. The zero-order valence-electron chi connectivity index (χ0n) is 11.7. The molecule has 106 valence electrons. The van der Waals surface area contributed by atoms with Crippen molar-refractivity contribution in [3.63, 3.8) is 0 Å². The van der Waals surface area contributed by atoms with Crippen LogP contribution in [0.15, 0.2) is 9.95 Å². The lowest BCUT2D eigenvalue weighted by Crippen LogP contribution is -2.37. The first kappa shape index (κ1) is 15.8. The molecule has 19 heavy (non-hydrogen) atoms. The van der Waals surface area contributed by atoms with Gasteiger partial charge in [0.05, 0.1) is 6.07 Å². The maximum absolute atomic E-state index is 11.4. The summed E-state index contributed by atoms with van der Waals surface area (Å²) < 4.78 is 1.62. The molecule has 0 amide bonds. The third-order valence-corrected chi connectivity index (χ3v) is 4.20. The molecule has 1 atom stereocenters. The van der Waals surface area contributed by atoms with Gasteiger partial charge in [0.2, 0.25) is 0 Å². The fourth-order valence-electron chi connectivity index (χ4n) is 1.67. The minimum Gasteiger partial charge on any atom is -0.303 e. The highest BCUT2D eigenvalue weighted by molar-refractivity contribution is 7.99. The molecule has 0 saturated carbocycles. The van der Waals surface area contributed by atoms with Crippen molar-refractivity contribution in [2.75, 3.05) is 12.8 Å². The Morgan fingerprint density at radius 2 is 2.32 bits per heavy atom. The van der Waals surface area contributed by atoms with Gasteiger partial charge in [0.15, 0.2) is 5.16 Å². The van der Waals surface area contributed by atoms with Gasteiger partial charge in [-0.15, -0.1) is 5.10 Å². The summed E-state index contributed by atoms with van der Waals surface area (Å²) in [5.41, 5.74) is -0.597. The van der Waals surface area contributed by atoms with Crippen molar-refractivity contribution < 1.29 is 0 Å². The summed E-state index contributed by atoms with van der Waals surface area (Å²) in [4.78, 5) is 11.4. The van der Waals surface area contributed by atoms with Gasteiger partial charge in [0.25, 0.3) is 0 Å². The van der Waals surface area contributed by atoms with Gasteiger partial charge in [-0.25, -0.2) is 9.89 Å². The van der Waals surface area contributed by atoms with Crippen molar-refractivity contribution in [3.8, 4) is 6.07 Å². The summed E-state index contributed by atoms with van der Waals surface area (Å²) >= 11 is 1.58. The third-order valence-electron chi connectivity index (χ3n) is 3.14. The molecule has 0 aromatic carbocycles. The van der Waals surface area contributed by atoms with Crippen molar-refractivity contribution in [2.24, 2.45) is 0 Å². The number of aromatic amines is 1. The zero-order valence-corrected chi connectivity index (χ0v) is 12.5. The minimum absolute atomic E-state index is 0.155. The van der Waals surface area contributed by atoms with Crippen LogP contribution in [0.2, 0.25) is 0 Å². The standard InChI is InChI=1S/C12H21N5OS/c1-4-17-10(18)15-16-11(17)19-8-6-5-7-12(2,9-13)14-3/h14H,4-8H2,1-3H3,(H,15,18). The smallest absolute Gasteiger partial charge is 0.303 e. The van der Waals surface area contributed by atoms with E-state index in [1.165, 1.54) is 0 Å². The van der Waals surface area contributed by atoms with Gasteiger partial charge in [-0.2, -0.15) is 5.26 Å². The van der Waals surface area contributed by atoms with Crippen LogP contribution in [0.25, 0.3) is 0 Å². The highest BCUT2D eigenvalue weighted by atomic mass is 32.2. The zero-order chi connectivity index (χ0) is 14.3. The van der Waals surface area contributed by atoms with E-state index in [0.29, 0.717) is 6.54 Å². The second-order valence-electron chi connectivity index (χ2n) is 4.56. The van der Waals surface area contributed by atoms with Crippen molar-refractivity contribution >= 4 is 11.8 Å². The normalized spacial score (nSPS) is 14.0. The van der Waals surface area contributed by atoms with Crippen LogP contribution in [0, 0.1) is 11.3 Å². The molecule has 0 aliphatic rings. The Hall–Kier alpha value is -1.26. The first-order chi connectivity index (χ1) is 9.06. The van der Waals surface area contributed by atoms with Crippen LogP contribution >= 0.6 is 11.8 Å². The van der Waals surface area contributed by atoms with E-state index in [1.54, 1.807) is 16.3 Å². The summed E-state index contributed by atoms with van der Waals surface area (Å²) in [7, 11) is 1.81. The topological polar surface area (TPSA) is 86.5 Å². The predicted octanol–water partition coefficient (Wildman–Crippen LogP) is 1.36. The van der Waals surface area contributed by atoms with E-state index < -0.39 is 5.54 Å². The molecule has 1 rings (SSSR count). The van der Waals surface area contributed by atoms with Gasteiger partial charge in [0.1, 0.15) is 5.54 Å². The van der Waals surface area contributed by atoms with Gasteiger partial charge in [0, 0.05) is 12.3 Å². The molecule has 0 radical (unpaired) electrons. The molecule has 0 saturated heterocycles. The summed E-state index contributed by atoms with van der Waals surface area (Å²) in [6, 6.07) is 2.28. The lowest BCUT2D eigenvalue weighted by molar-refractivity contribution is 0.439. The number of hydrogen-bond donors (Lipinski definition) is 2. The summed E-state index contributed by atoms with van der Waals surface area (Å²) in [5.74, 6) is 0.898. The molecular weight excluding hydrogens is 262 g/mol. The molecule has 1 aromatic rings. The SMILES string of the molecule is CCn1c(SCCCCC(C)(C#N)NC)n[nH]c1=O. The summed E-state index contributed by atoms with van der Waals surface area (Å²) in [5, 5.41) is 19.2. The molecule has 1 unspecified atom stereocenters. The van der Waals surface area contributed by atoms with Crippen LogP contribution in [0.5, 0.6) is 0 Å². The van der Waals surface area contributed by atoms with Crippen molar-refractivity contribution in [3.05, 3.63) is 10.5 Å². The minimum atomic E-state index is -0.442. The maximum Gasteiger partial charge on any atom is 0.343 e. The lowest BCUT2D eigenvalue weighted by Gasteiger charge is -2.20. The fraction of sp³-hybridized carbons (Fsp3) is 0.750. The molecule has 0 spiro atoms. The van der Waals surface area contributed by atoms with Gasteiger partial charge in [-0.1, -0.05) is 11.8 Å². The summed E-state index contributed by atoms with van der Waals surface area (Å²) in [6.07, 6.45) is 2.79. The van der Waals surface area contributed by atoms with Crippen LogP contribution in [0.4, 0.5) is 0 Å². The van der Waals surface area contributed by atoms with E-state index in [4.69, 9.17) is 5.26 Å².